The highest BCUT2D eigenvalue weighted by molar-refractivity contribution is 6.02. The van der Waals surface area contributed by atoms with Crippen molar-refractivity contribution >= 4 is 17.6 Å². The number of aliphatic carboxylic acids is 1. The number of likely N-dealkylation sites (tertiary alicyclic amines) is 1. The van der Waals surface area contributed by atoms with Gasteiger partial charge >= 0.3 is 5.97 Å². The van der Waals surface area contributed by atoms with Gasteiger partial charge in [0.15, 0.2) is 0 Å². The Morgan fingerprint density at radius 2 is 1.90 bits per heavy atom. The summed E-state index contributed by atoms with van der Waals surface area (Å²) in [7, 11) is 0. The molecule has 0 aliphatic carbocycles. The lowest BCUT2D eigenvalue weighted by atomic mass is 9.78. The van der Waals surface area contributed by atoms with E-state index in [0.717, 1.165) is 24.2 Å². The third kappa shape index (κ3) is 4.66. The Kier molecular flexibility index (Phi) is 6.13. The highest BCUT2D eigenvalue weighted by Gasteiger charge is 2.34. The molecule has 6 nitrogen and oxygen atoms in total. The third-order valence-electron chi connectivity index (χ3n) is 6.34. The van der Waals surface area contributed by atoms with Crippen LogP contribution in [0.25, 0.3) is 0 Å². The Hall–Kier alpha value is -3.46. The summed E-state index contributed by atoms with van der Waals surface area (Å²) in [4.78, 5) is 31.1. The van der Waals surface area contributed by atoms with Gasteiger partial charge in [0.2, 0.25) is 0 Å². The molecule has 2 aromatic rings. The minimum absolute atomic E-state index is 0.0132. The van der Waals surface area contributed by atoms with E-state index in [9.17, 15) is 14.7 Å². The Balaban J connectivity index is 1.54. The van der Waals surface area contributed by atoms with Gasteiger partial charge in [-0.25, -0.2) is 0 Å². The van der Waals surface area contributed by atoms with E-state index in [1.807, 2.05) is 17.0 Å². The normalized spacial score (nSPS) is 20.4. The average molecular weight is 415 g/mol. The Bertz CT molecular complexity index is 1050. The number of carbonyl (C=O) groups excluding carboxylic acids is 1. The molecule has 0 spiro atoms. The summed E-state index contributed by atoms with van der Waals surface area (Å²) in [5.41, 5.74) is 4.52. The number of piperidine rings is 1. The number of benzene rings is 2. The van der Waals surface area contributed by atoms with Crippen molar-refractivity contribution in [2.24, 2.45) is 16.8 Å². The second-order valence-corrected chi connectivity index (χ2v) is 8.29. The summed E-state index contributed by atoms with van der Waals surface area (Å²) in [6, 6.07) is 17.0. The second kappa shape index (κ2) is 9.13. The Labute approximate surface area is 181 Å². The van der Waals surface area contributed by atoms with E-state index in [-0.39, 0.29) is 24.2 Å². The first kappa shape index (κ1) is 20.8. The van der Waals surface area contributed by atoms with Gasteiger partial charge in [-0.05, 0) is 66.5 Å². The number of hydrogen-bond acceptors (Lipinski definition) is 4. The van der Waals surface area contributed by atoms with Crippen LogP contribution in [0.1, 0.15) is 46.3 Å². The van der Waals surface area contributed by atoms with Crippen LogP contribution in [0.3, 0.4) is 0 Å². The van der Waals surface area contributed by atoms with E-state index in [1.54, 1.807) is 24.3 Å². The number of rotatable bonds is 5. The fourth-order valence-electron chi connectivity index (χ4n) is 4.70. The predicted octanol–water partition coefficient (Wildman–Crippen LogP) is 3.55. The van der Waals surface area contributed by atoms with Crippen LogP contribution in [0.5, 0.6) is 0 Å². The standard InChI is InChI=1S/C25H25N3O3/c26-15-17-5-7-19(8-6-17)25(31)28-12-10-20(14-24(29)30)21(16-28)13-23-22-4-2-1-3-18(22)9-11-27-23/h1-8,20-21H,9-14,16H2,(H,29,30). The Morgan fingerprint density at radius 3 is 2.65 bits per heavy atom. The second-order valence-electron chi connectivity index (χ2n) is 8.29. The molecule has 0 aromatic heterocycles. The lowest BCUT2D eigenvalue weighted by Crippen LogP contribution is -2.45. The van der Waals surface area contributed by atoms with Crippen LogP contribution in [0.15, 0.2) is 53.5 Å². The number of carboxylic acids is 1. The molecule has 2 unspecified atom stereocenters. The van der Waals surface area contributed by atoms with E-state index >= 15 is 0 Å². The van der Waals surface area contributed by atoms with Gasteiger partial charge in [0.25, 0.3) is 5.91 Å². The first-order valence-electron chi connectivity index (χ1n) is 10.7. The van der Waals surface area contributed by atoms with Gasteiger partial charge in [-0.2, -0.15) is 5.26 Å². The van der Waals surface area contributed by atoms with E-state index in [2.05, 4.69) is 18.2 Å². The highest BCUT2D eigenvalue weighted by atomic mass is 16.4. The molecule has 158 valence electrons. The maximum absolute atomic E-state index is 13.1. The smallest absolute Gasteiger partial charge is 0.303 e. The van der Waals surface area contributed by atoms with E-state index in [0.29, 0.717) is 37.1 Å². The van der Waals surface area contributed by atoms with Gasteiger partial charge in [0.1, 0.15) is 0 Å². The van der Waals surface area contributed by atoms with Crippen LogP contribution >= 0.6 is 0 Å². The van der Waals surface area contributed by atoms with E-state index in [1.165, 1.54) is 5.56 Å². The van der Waals surface area contributed by atoms with Gasteiger partial charge in [-0.15, -0.1) is 0 Å². The Morgan fingerprint density at radius 1 is 1.13 bits per heavy atom. The summed E-state index contributed by atoms with van der Waals surface area (Å²) < 4.78 is 0. The van der Waals surface area contributed by atoms with Crippen molar-refractivity contribution in [3.63, 3.8) is 0 Å². The minimum atomic E-state index is -0.798. The molecule has 2 aliphatic heterocycles. The van der Waals surface area contributed by atoms with Gasteiger partial charge in [-0.3, -0.25) is 14.6 Å². The van der Waals surface area contributed by atoms with Crippen LogP contribution in [-0.2, 0) is 11.2 Å². The van der Waals surface area contributed by atoms with Crippen molar-refractivity contribution in [1.29, 1.82) is 5.26 Å². The molecule has 2 aliphatic rings. The molecule has 0 saturated carbocycles. The quantitative estimate of drug-likeness (QED) is 0.808. The minimum Gasteiger partial charge on any atom is -0.481 e. The molecule has 1 saturated heterocycles. The number of hydrogen-bond donors (Lipinski definition) is 1. The van der Waals surface area contributed by atoms with Gasteiger partial charge in [0.05, 0.1) is 11.6 Å². The molecule has 6 heteroatoms. The number of amides is 1. The van der Waals surface area contributed by atoms with Gasteiger partial charge in [0, 0.05) is 37.3 Å². The summed E-state index contributed by atoms with van der Waals surface area (Å²) in [5, 5.41) is 18.4. The fourth-order valence-corrected chi connectivity index (χ4v) is 4.70. The number of fused-ring (bicyclic) bond motifs is 1. The molecule has 1 N–H and O–H groups in total. The van der Waals surface area contributed by atoms with Crippen molar-refractivity contribution in [2.75, 3.05) is 19.6 Å². The molecule has 1 amide bonds. The molecule has 2 aromatic carbocycles. The largest absolute Gasteiger partial charge is 0.481 e. The van der Waals surface area contributed by atoms with E-state index in [4.69, 9.17) is 10.3 Å². The molecule has 2 heterocycles. The molecule has 2 atom stereocenters. The summed E-state index contributed by atoms with van der Waals surface area (Å²) in [6.45, 7) is 1.80. The maximum atomic E-state index is 13.1. The number of nitriles is 1. The van der Waals surface area contributed by atoms with Crippen LogP contribution < -0.4 is 0 Å². The van der Waals surface area contributed by atoms with E-state index < -0.39 is 5.97 Å². The maximum Gasteiger partial charge on any atom is 0.303 e. The zero-order valence-electron chi connectivity index (χ0n) is 17.3. The zero-order valence-corrected chi connectivity index (χ0v) is 17.3. The first-order chi connectivity index (χ1) is 15.0. The molecule has 0 radical (unpaired) electrons. The van der Waals surface area contributed by atoms with Crippen LogP contribution in [0, 0.1) is 23.2 Å². The van der Waals surface area contributed by atoms with Crippen LogP contribution in [0.4, 0.5) is 0 Å². The third-order valence-corrected chi connectivity index (χ3v) is 6.34. The lowest BCUT2D eigenvalue weighted by molar-refractivity contribution is -0.138. The molecule has 0 bridgehead atoms. The van der Waals surface area contributed by atoms with Crippen molar-refractivity contribution in [1.82, 2.24) is 4.90 Å². The average Bonchev–Trinajstić information content (AvgIpc) is 2.80. The van der Waals surface area contributed by atoms with Crippen LogP contribution in [-0.4, -0.2) is 47.2 Å². The predicted molar refractivity (Wildman–Crippen MR) is 117 cm³/mol. The number of aliphatic imine (C=N–C) groups is 1. The number of carbonyl (C=O) groups is 2. The van der Waals surface area contributed by atoms with Gasteiger partial charge < -0.3 is 10.0 Å². The van der Waals surface area contributed by atoms with Gasteiger partial charge in [-0.1, -0.05) is 24.3 Å². The fraction of sp³-hybridized carbons (Fsp3) is 0.360. The topological polar surface area (TPSA) is 93.8 Å². The summed E-state index contributed by atoms with van der Waals surface area (Å²) in [6.07, 6.45) is 2.37. The van der Waals surface area contributed by atoms with Crippen molar-refractivity contribution in [3.05, 3.63) is 70.8 Å². The monoisotopic (exact) mass is 415 g/mol. The molecule has 31 heavy (non-hydrogen) atoms. The van der Waals surface area contributed by atoms with Crippen LogP contribution in [0.2, 0.25) is 0 Å². The lowest BCUT2D eigenvalue weighted by Gasteiger charge is -2.39. The zero-order chi connectivity index (χ0) is 21.8. The summed E-state index contributed by atoms with van der Waals surface area (Å²) in [5.74, 6) is -0.821. The summed E-state index contributed by atoms with van der Waals surface area (Å²) >= 11 is 0. The number of nitrogens with zero attached hydrogens (tertiary/aromatic N) is 3. The van der Waals surface area contributed by atoms with Crippen molar-refractivity contribution in [3.8, 4) is 6.07 Å². The van der Waals surface area contributed by atoms with Crippen molar-refractivity contribution < 1.29 is 14.7 Å². The molecular weight excluding hydrogens is 390 g/mol. The number of carboxylic acid groups (broad SMARTS) is 1. The molecule has 1 fully saturated rings. The highest BCUT2D eigenvalue weighted by Crippen LogP contribution is 2.32. The van der Waals surface area contributed by atoms with Crippen molar-refractivity contribution in [2.45, 2.75) is 25.7 Å². The molecular formula is C25H25N3O3. The molecule has 4 rings (SSSR count). The first-order valence-corrected chi connectivity index (χ1v) is 10.7. The SMILES string of the molecule is N#Cc1ccc(C(=O)N2CCC(CC(=O)O)C(CC3=NCCc4ccccc43)C2)cc1.